The summed E-state index contributed by atoms with van der Waals surface area (Å²) in [7, 11) is -2.41. The summed E-state index contributed by atoms with van der Waals surface area (Å²) in [5, 5.41) is 0. The van der Waals surface area contributed by atoms with Crippen LogP contribution in [0.3, 0.4) is 0 Å². The van der Waals surface area contributed by atoms with Crippen LogP contribution in [0.15, 0.2) is 0 Å². The third-order valence-electron chi connectivity index (χ3n) is 0.647. The van der Waals surface area contributed by atoms with Gasteiger partial charge >= 0.3 is 0 Å². The number of nitrogens with one attached hydrogen (secondary N) is 1. The number of nitrogens with two attached hydrogens (primary N) is 1. The van der Waals surface area contributed by atoms with E-state index in [1.54, 1.807) is 13.8 Å². The molecular weight excluding hydrogens is 136 g/mol. The fraction of sp³-hybridized carbons (Fsp3) is 1.00. The third kappa shape index (κ3) is 7.91. The van der Waals surface area contributed by atoms with Gasteiger partial charge in [-0.1, -0.05) is 0 Å². The Bertz CT molecular complexity index is 176. The van der Waals surface area contributed by atoms with E-state index in [4.69, 9.17) is 10.5 Å². The average molecular weight is 150 g/mol. The molecule has 0 aromatic carbocycles. The highest BCUT2D eigenvalue weighted by Crippen LogP contribution is 2.00. The van der Waals surface area contributed by atoms with Gasteiger partial charge in [0.05, 0.1) is 0 Å². The molecule has 9 heavy (non-hydrogen) atoms. The van der Waals surface area contributed by atoms with E-state index in [9.17, 15) is 4.21 Å². The predicted molar refractivity (Wildman–Crippen MR) is 39.9 cm³/mol. The fourth-order valence-corrected chi connectivity index (χ4v) is 2.13. The number of rotatable bonds is 2. The highest BCUT2D eigenvalue weighted by molar-refractivity contribution is 7.91. The molecule has 0 saturated carbocycles. The third-order valence-corrected chi connectivity index (χ3v) is 1.94. The molecular formula is C5H14N2OS. The predicted octanol–water partition coefficient (Wildman–Crippen LogP) is 0.400. The van der Waals surface area contributed by atoms with Crippen LogP contribution in [0.25, 0.3) is 0 Å². The molecule has 0 saturated heterocycles. The van der Waals surface area contributed by atoms with Crippen LogP contribution in [-0.2, 0) is 9.73 Å². The minimum atomic E-state index is -2.41. The van der Waals surface area contributed by atoms with Crippen molar-refractivity contribution < 1.29 is 4.21 Å². The summed E-state index contributed by atoms with van der Waals surface area (Å²) in [6.07, 6.45) is 1.40. The molecule has 0 amide bonds. The SMILES string of the molecule is CC(C)(N)CS(C)(=N)=O. The first kappa shape index (κ1) is 8.91. The van der Waals surface area contributed by atoms with Crippen molar-refractivity contribution >= 4 is 9.73 Å². The Labute approximate surface area is 56.6 Å². The van der Waals surface area contributed by atoms with Crippen molar-refractivity contribution in [2.75, 3.05) is 12.0 Å². The second-order valence-electron chi connectivity index (χ2n) is 3.14. The van der Waals surface area contributed by atoms with Gasteiger partial charge in [0.15, 0.2) is 0 Å². The van der Waals surface area contributed by atoms with Gasteiger partial charge in [0, 0.05) is 27.3 Å². The van der Waals surface area contributed by atoms with E-state index in [1.165, 1.54) is 6.26 Å². The van der Waals surface area contributed by atoms with Crippen molar-refractivity contribution in [2.24, 2.45) is 5.73 Å². The van der Waals surface area contributed by atoms with Crippen molar-refractivity contribution in [3.63, 3.8) is 0 Å². The Morgan fingerprint density at radius 3 is 2.00 bits per heavy atom. The first-order valence-electron chi connectivity index (χ1n) is 2.71. The van der Waals surface area contributed by atoms with Crippen LogP contribution < -0.4 is 5.73 Å². The zero-order valence-electron chi connectivity index (χ0n) is 6.10. The van der Waals surface area contributed by atoms with Gasteiger partial charge in [-0.05, 0) is 13.8 Å². The summed E-state index contributed by atoms with van der Waals surface area (Å²) >= 11 is 0. The molecule has 0 bridgehead atoms. The number of hydrogen-bond acceptors (Lipinski definition) is 3. The van der Waals surface area contributed by atoms with Crippen LogP contribution in [0, 0.1) is 4.78 Å². The zero-order chi connectivity index (χ0) is 7.71. The smallest absolute Gasteiger partial charge is 0.0487 e. The Morgan fingerprint density at radius 2 is 2.00 bits per heavy atom. The van der Waals surface area contributed by atoms with Crippen LogP contribution in [-0.4, -0.2) is 21.8 Å². The van der Waals surface area contributed by atoms with Gasteiger partial charge in [-0.25, -0.2) is 0 Å². The van der Waals surface area contributed by atoms with Gasteiger partial charge < -0.3 is 5.73 Å². The van der Waals surface area contributed by atoms with E-state index in [0.29, 0.717) is 0 Å². The molecule has 1 unspecified atom stereocenters. The van der Waals surface area contributed by atoms with Gasteiger partial charge in [-0.15, -0.1) is 0 Å². The highest BCUT2D eigenvalue weighted by atomic mass is 32.2. The van der Waals surface area contributed by atoms with Crippen molar-refractivity contribution in [3.8, 4) is 0 Å². The molecule has 3 nitrogen and oxygen atoms in total. The molecule has 0 radical (unpaired) electrons. The monoisotopic (exact) mass is 150 g/mol. The molecule has 0 aromatic rings. The van der Waals surface area contributed by atoms with Gasteiger partial charge in [-0.2, -0.15) is 0 Å². The van der Waals surface area contributed by atoms with Crippen LogP contribution in [0.2, 0.25) is 0 Å². The molecule has 1 atom stereocenters. The number of hydrogen-bond donors (Lipinski definition) is 2. The van der Waals surface area contributed by atoms with E-state index >= 15 is 0 Å². The molecule has 0 aliphatic heterocycles. The van der Waals surface area contributed by atoms with Gasteiger partial charge in [0.1, 0.15) is 0 Å². The zero-order valence-corrected chi connectivity index (χ0v) is 6.92. The van der Waals surface area contributed by atoms with Crippen molar-refractivity contribution in [3.05, 3.63) is 0 Å². The Hall–Kier alpha value is -0.0900. The van der Waals surface area contributed by atoms with Crippen LogP contribution in [0.1, 0.15) is 13.8 Å². The van der Waals surface area contributed by atoms with Crippen molar-refractivity contribution in [1.82, 2.24) is 0 Å². The van der Waals surface area contributed by atoms with Crippen molar-refractivity contribution in [1.29, 1.82) is 4.78 Å². The van der Waals surface area contributed by atoms with E-state index in [-0.39, 0.29) is 5.75 Å². The Kier molecular flexibility index (Phi) is 2.24. The lowest BCUT2D eigenvalue weighted by Crippen LogP contribution is -2.39. The molecule has 0 heterocycles. The van der Waals surface area contributed by atoms with Crippen molar-refractivity contribution in [2.45, 2.75) is 19.4 Å². The van der Waals surface area contributed by atoms with Gasteiger partial charge in [0.2, 0.25) is 0 Å². The second kappa shape index (κ2) is 2.27. The topological polar surface area (TPSA) is 66.9 Å². The summed E-state index contributed by atoms with van der Waals surface area (Å²) in [6, 6.07) is 0. The summed E-state index contributed by atoms with van der Waals surface area (Å²) in [5.41, 5.74) is 5.04. The first-order chi connectivity index (χ1) is 3.71. The normalized spacial score (nSPS) is 19.1. The average Bonchev–Trinajstić information content (AvgIpc) is 1.14. The van der Waals surface area contributed by atoms with Crippen LogP contribution >= 0.6 is 0 Å². The van der Waals surface area contributed by atoms with E-state index in [2.05, 4.69) is 0 Å². The standard InChI is InChI=1S/C5H14N2OS/c1-5(2,6)4-9(3,7)8/h7H,4,6H2,1-3H3. The first-order valence-corrected chi connectivity index (χ1v) is 4.85. The van der Waals surface area contributed by atoms with E-state index in [1.807, 2.05) is 0 Å². The minimum absolute atomic E-state index is 0.264. The molecule has 0 rings (SSSR count). The summed E-state index contributed by atoms with van der Waals surface area (Å²) < 4.78 is 17.8. The fourth-order valence-electron chi connectivity index (χ4n) is 0.710. The lowest BCUT2D eigenvalue weighted by atomic mass is 10.1. The van der Waals surface area contributed by atoms with Gasteiger partial charge in [-0.3, -0.25) is 8.99 Å². The molecule has 3 N–H and O–H groups in total. The molecule has 4 heteroatoms. The highest BCUT2D eigenvalue weighted by Gasteiger charge is 2.14. The second-order valence-corrected chi connectivity index (χ2v) is 5.44. The molecule has 0 aliphatic rings. The van der Waals surface area contributed by atoms with Crippen LogP contribution in [0.5, 0.6) is 0 Å². The lowest BCUT2D eigenvalue weighted by molar-refractivity contribution is 0.575. The minimum Gasteiger partial charge on any atom is -0.325 e. The molecule has 0 fully saturated rings. The van der Waals surface area contributed by atoms with E-state index in [0.717, 1.165) is 0 Å². The van der Waals surface area contributed by atoms with Crippen LogP contribution in [0.4, 0.5) is 0 Å². The maximum Gasteiger partial charge on any atom is 0.0487 e. The summed E-state index contributed by atoms with van der Waals surface area (Å²) in [4.78, 5) is 0. The lowest BCUT2D eigenvalue weighted by Gasteiger charge is -2.17. The van der Waals surface area contributed by atoms with Gasteiger partial charge in [0.25, 0.3) is 0 Å². The molecule has 0 aliphatic carbocycles. The maximum atomic E-state index is 10.8. The molecule has 0 aromatic heterocycles. The molecule has 56 valence electrons. The molecule has 0 spiro atoms. The van der Waals surface area contributed by atoms with E-state index < -0.39 is 15.3 Å². The Balaban J connectivity index is 4.07. The quantitative estimate of drug-likeness (QED) is 0.598. The Morgan fingerprint density at radius 1 is 1.67 bits per heavy atom. The maximum absolute atomic E-state index is 10.8. The summed E-state index contributed by atoms with van der Waals surface area (Å²) in [5.74, 6) is 0.264. The largest absolute Gasteiger partial charge is 0.325 e. The summed E-state index contributed by atoms with van der Waals surface area (Å²) in [6.45, 7) is 3.54.